The summed E-state index contributed by atoms with van der Waals surface area (Å²) in [6.07, 6.45) is 4.10. The highest BCUT2D eigenvalue weighted by Gasteiger charge is 1.97. The van der Waals surface area contributed by atoms with Crippen LogP contribution in [0.1, 0.15) is 24.3 Å². The van der Waals surface area contributed by atoms with E-state index in [1.54, 1.807) is 12.5 Å². The first-order valence-electron chi connectivity index (χ1n) is 4.77. The third-order valence-corrected chi connectivity index (χ3v) is 1.72. The molecular weight excluding hydrogens is 180 g/mol. The average molecular weight is 196 g/mol. The molecule has 0 aliphatic carbocycles. The number of hydrogen-bond donors (Lipinski definition) is 0. The summed E-state index contributed by atoms with van der Waals surface area (Å²) in [5.74, 6) is 0.559. The molecule has 1 aromatic rings. The molecule has 0 N–H and O–H groups in total. The standard InChI is InChI=1S/C10H16N2O2/c1-9(2)7-14-4-3-12-5-10(6-13)11-8-12/h5-6,8-9H,3-4,7H2,1-2H3. The third-order valence-electron chi connectivity index (χ3n) is 1.72. The molecule has 0 radical (unpaired) electrons. The molecule has 0 atom stereocenters. The van der Waals surface area contributed by atoms with E-state index in [9.17, 15) is 4.79 Å². The van der Waals surface area contributed by atoms with Gasteiger partial charge in [0, 0.05) is 19.3 Å². The van der Waals surface area contributed by atoms with Gasteiger partial charge in [0.15, 0.2) is 6.29 Å². The summed E-state index contributed by atoms with van der Waals surface area (Å²) in [6, 6.07) is 0. The second kappa shape index (κ2) is 5.54. The van der Waals surface area contributed by atoms with Crippen LogP contribution in [0.15, 0.2) is 12.5 Å². The lowest BCUT2D eigenvalue weighted by Gasteiger charge is -2.06. The Balaban J connectivity index is 2.21. The number of ether oxygens (including phenoxy) is 1. The van der Waals surface area contributed by atoms with Crippen LogP contribution in [0.3, 0.4) is 0 Å². The fourth-order valence-electron chi connectivity index (χ4n) is 1.05. The molecular formula is C10H16N2O2. The van der Waals surface area contributed by atoms with E-state index in [0.29, 0.717) is 18.2 Å². The molecule has 1 aromatic heterocycles. The molecule has 0 aliphatic heterocycles. The Bertz CT molecular complexity index is 281. The molecule has 0 amide bonds. The van der Waals surface area contributed by atoms with Crippen LogP contribution in [0.5, 0.6) is 0 Å². The molecule has 0 bridgehead atoms. The normalized spacial score (nSPS) is 10.8. The number of hydrogen-bond acceptors (Lipinski definition) is 3. The minimum Gasteiger partial charge on any atom is -0.379 e. The molecule has 1 rings (SSSR count). The lowest BCUT2D eigenvalue weighted by molar-refractivity contribution is 0.103. The van der Waals surface area contributed by atoms with Crippen LogP contribution in [0.25, 0.3) is 0 Å². The fourth-order valence-corrected chi connectivity index (χ4v) is 1.05. The number of carbonyl (C=O) groups excluding carboxylic acids is 1. The predicted octanol–water partition coefficient (Wildman–Crippen LogP) is 1.37. The summed E-state index contributed by atoms with van der Waals surface area (Å²) in [7, 11) is 0. The third kappa shape index (κ3) is 3.70. The van der Waals surface area contributed by atoms with Gasteiger partial charge in [-0.3, -0.25) is 4.79 Å². The van der Waals surface area contributed by atoms with Gasteiger partial charge in [0.1, 0.15) is 5.69 Å². The first-order chi connectivity index (χ1) is 6.72. The molecule has 0 aliphatic rings. The Labute approximate surface area is 83.9 Å². The summed E-state index contributed by atoms with van der Waals surface area (Å²) in [6.45, 7) is 6.40. The molecule has 0 spiro atoms. The summed E-state index contributed by atoms with van der Waals surface area (Å²) >= 11 is 0. The van der Waals surface area contributed by atoms with Crippen LogP contribution in [0, 0.1) is 5.92 Å². The Morgan fingerprint density at radius 3 is 3.00 bits per heavy atom. The zero-order valence-electron chi connectivity index (χ0n) is 8.64. The Morgan fingerprint density at radius 1 is 1.64 bits per heavy atom. The maximum absolute atomic E-state index is 10.3. The van der Waals surface area contributed by atoms with Crippen LogP contribution in [-0.2, 0) is 11.3 Å². The van der Waals surface area contributed by atoms with Gasteiger partial charge in [-0.25, -0.2) is 4.98 Å². The van der Waals surface area contributed by atoms with Gasteiger partial charge in [-0.2, -0.15) is 0 Å². The molecule has 78 valence electrons. The number of carbonyl (C=O) groups is 1. The van der Waals surface area contributed by atoms with Gasteiger partial charge in [-0.05, 0) is 5.92 Å². The van der Waals surface area contributed by atoms with E-state index in [1.165, 1.54) is 0 Å². The molecule has 0 unspecified atom stereocenters. The van der Waals surface area contributed by atoms with Gasteiger partial charge in [0.2, 0.25) is 0 Å². The second-order valence-corrected chi connectivity index (χ2v) is 3.62. The highest BCUT2D eigenvalue weighted by atomic mass is 16.5. The summed E-state index contributed by atoms with van der Waals surface area (Å²) < 4.78 is 7.26. The van der Waals surface area contributed by atoms with Crippen molar-refractivity contribution in [3.63, 3.8) is 0 Å². The van der Waals surface area contributed by atoms with Gasteiger partial charge in [-0.1, -0.05) is 13.8 Å². The first-order valence-corrected chi connectivity index (χ1v) is 4.77. The van der Waals surface area contributed by atoms with Crippen molar-refractivity contribution in [2.75, 3.05) is 13.2 Å². The predicted molar refractivity (Wildman–Crippen MR) is 53.3 cm³/mol. The Morgan fingerprint density at radius 2 is 2.43 bits per heavy atom. The Hall–Kier alpha value is -1.16. The number of aromatic nitrogens is 2. The molecule has 14 heavy (non-hydrogen) atoms. The highest BCUT2D eigenvalue weighted by Crippen LogP contribution is 1.95. The number of nitrogens with zero attached hydrogens (tertiary/aromatic N) is 2. The summed E-state index contributed by atoms with van der Waals surface area (Å²) in [5.41, 5.74) is 0.467. The van der Waals surface area contributed by atoms with E-state index >= 15 is 0 Å². The van der Waals surface area contributed by atoms with Crippen LogP contribution >= 0.6 is 0 Å². The van der Waals surface area contributed by atoms with Gasteiger partial charge in [0.05, 0.1) is 12.9 Å². The largest absolute Gasteiger partial charge is 0.379 e. The van der Waals surface area contributed by atoms with E-state index in [4.69, 9.17) is 4.74 Å². The van der Waals surface area contributed by atoms with Crippen molar-refractivity contribution in [3.05, 3.63) is 18.2 Å². The SMILES string of the molecule is CC(C)COCCn1cnc(C=O)c1. The van der Waals surface area contributed by atoms with E-state index in [2.05, 4.69) is 18.8 Å². The highest BCUT2D eigenvalue weighted by molar-refractivity contribution is 5.70. The van der Waals surface area contributed by atoms with Crippen molar-refractivity contribution >= 4 is 6.29 Å². The number of aldehydes is 1. The van der Waals surface area contributed by atoms with Crippen molar-refractivity contribution in [2.24, 2.45) is 5.92 Å². The van der Waals surface area contributed by atoms with Crippen molar-refractivity contribution in [3.8, 4) is 0 Å². The van der Waals surface area contributed by atoms with Crippen LogP contribution in [-0.4, -0.2) is 29.1 Å². The lowest BCUT2D eigenvalue weighted by atomic mass is 10.2. The number of rotatable bonds is 6. The van der Waals surface area contributed by atoms with Crippen molar-refractivity contribution in [1.82, 2.24) is 9.55 Å². The summed E-state index contributed by atoms with van der Waals surface area (Å²) in [4.78, 5) is 14.2. The molecule has 0 saturated heterocycles. The average Bonchev–Trinajstić information content (AvgIpc) is 2.60. The van der Waals surface area contributed by atoms with Gasteiger partial charge < -0.3 is 9.30 Å². The van der Waals surface area contributed by atoms with Gasteiger partial charge in [-0.15, -0.1) is 0 Å². The zero-order chi connectivity index (χ0) is 10.4. The van der Waals surface area contributed by atoms with Crippen LogP contribution < -0.4 is 0 Å². The lowest BCUT2D eigenvalue weighted by Crippen LogP contribution is -2.08. The van der Waals surface area contributed by atoms with Gasteiger partial charge in [0.25, 0.3) is 0 Å². The van der Waals surface area contributed by atoms with Crippen molar-refractivity contribution < 1.29 is 9.53 Å². The van der Waals surface area contributed by atoms with E-state index in [-0.39, 0.29) is 0 Å². The fraction of sp³-hybridized carbons (Fsp3) is 0.600. The van der Waals surface area contributed by atoms with Crippen molar-refractivity contribution in [1.29, 1.82) is 0 Å². The van der Waals surface area contributed by atoms with E-state index < -0.39 is 0 Å². The second-order valence-electron chi connectivity index (χ2n) is 3.62. The Kier molecular flexibility index (Phi) is 4.32. The van der Waals surface area contributed by atoms with E-state index in [0.717, 1.165) is 19.4 Å². The molecule has 1 heterocycles. The molecule has 0 fully saturated rings. The number of imidazole rings is 1. The van der Waals surface area contributed by atoms with Crippen molar-refractivity contribution in [2.45, 2.75) is 20.4 Å². The van der Waals surface area contributed by atoms with Crippen LogP contribution in [0.4, 0.5) is 0 Å². The molecule has 0 aromatic carbocycles. The first kappa shape index (κ1) is 10.9. The molecule has 4 heteroatoms. The summed E-state index contributed by atoms with van der Waals surface area (Å²) in [5, 5.41) is 0. The maximum Gasteiger partial charge on any atom is 0.169 e. The monoisotopic (exact) mass is 196 g/mol. The van der Waals surface area contributed by atoms with E-state index in [1.807, 2.05) is 4.57 Å². The zero-order valence-corrected chi connectivity index (χ0v) is 8.64. The topological polar surface area (TPSA) is 44.1 Å². The molecule has 0 saturated carbocycles. The smallest absolute Gasteiger partial charge is 0.169 e. The maximum atomic E-state index is 10.3. The van der Waals surface area contributed by atoms with Gasteiger partial charge >= 0.3 is 0 Å². The minimum absolute atomic E-state index is 0.467. The molecule has 4 nitrogen and oxygen atoms in total. The minimum atomic E-state index is 0.467. The van der Waals surface area contributed by atoms with Crippen LogP contribution in [0.2, 0.25) is 0 Å². The quantitative estimate of drug-likeness (QED) is 0.510.